The fraction of sp³-hybridized carbons (Fsp3) is 0.100. The third kappa shape index (κ3) is 2.76. The highest BCUT2D eigenvalue weighted by Crippen LogP contribution is 2.18. The molecule has 0 aromatic carbocycles. The molecule has 18 heavy (non-hydrogen) atoms. The van der Waals surface area contributed by atoms with Crippen molar-refractivity contribution in [3.8, 4) is 0 Å². The van der Waals surface area contributed by atoms with Crippen LogP contribution >= 0.6 is 11.6 Å². The SMILES string of the molecule is NNc1ncc(C(=O)NCc2ccno2)cc1Cl. The highest BCUT2D eigenvalue weighted by atomic mass is 35.5. The fourth-order valence-corrected chi connectivity index (χ4v) is 1.49. The zero-order valence-electron chi connectivity index (χ0n) is 9.18. The number of carbonyl (C=O) groups is 1. The van der Waals surface area contributed by atoms with Gasteiger partial charge >= 0.3 is 0 Å². The van der Waals surface area contributed by atoms with Crippen LogP contribution in [0.2, 0.25) is 5.02 Å². The zero-order chi connectivity index (χ0) is 13.0. The van der Waals surface area contributed by atoms with Crippen LogP contribution in [-0.2, 0) is 6.54 Å². The van der Waals surface area contributed by atoms with Gasteiger partial charge in [-0.25, -0.2) is 10.8 Å². The van der Waals surface area contributed by atoms with Crippen molar-refractivity contribution in [2.24, 2.45) is 5.84 Å². The number of amides is 1. The van der Waals surface area contributed by atoms with Crippen LogP contribution in [0.25, 0.3) is 0 Å². The van der Waals surface area contributed by atoms with E-state index in [9.17, 15) is 4.79 Å². The molecule has 0 spiro atoms. The number of halogens is 1. The summed E-state index contributed by atoms with van der Waals surface area (Å²) in [6, 6.07) is 3.13. The number of nitrogens with two attached hydrogens (primary N) is 1. The summed E-state index contributed by atoms with van der Waals surface area (Å²) < 4.78 is 4.85. The fourth-order valence-electron chi connectivity index (χ4n) is 1.27. The third-order valence-electron chi connectivity index (χ3n) is 2.15. The lowest BCUT2D eigenvalue weighted by Gasteiger charge is -2.05. The molecule has 2 aromatic rings. The quantitative estimate of drug-likeness (QED) is 0.562. The van der Waals surface area contributed by atoms with Crippen molar-refractivity contribution in [1.82, 2.24) is 15.5 Å². The summed E-state index contributed by atoms with van der Waals surface area (Å²) in [6.45, 7) is 0.243. The Labute approximate surface area is 107 Å². The first-order valence-corrected chi connectivity index (χ1v) is 5.38. The molecule has 2 heterocycles. The zero-order valence-corrected chi connectivity index (χ0v) is 9.94. The first-order chi connectivity index (χ1) is 8.70. The van der Waals surface area contributed by atoms with Gasteiger partial charge in [0.05, 0.1) is 23.3 Å². The van der Waals surface area contributed by atoms with Gasteiger partial charge in [-0.1, -0.05) is 16.8 Å². The van der Waals surface area contributed by atoms with Crippen LogP contribution in [0.4, 0.5) is 5.82 Å². The van der Waals surface area contributed by atoms with Gasteiger partial charge in [-0.15, -0.1) is 0 Å². The summed E-state index contributed by atoms with van der Waals surface area (Å²) in [4.78, 5) is 15.7. The van der Waals surface area contributed by atoms with Crippen LogP contribution < -0.4 is 16.6 Å². The van der Waals surface area contributed by atoms with Crippen molar-refractivity contribution in [3.63, 3.8) is 0 Å². The number of aromatic nitrogens is 2. The predicted molar refractivity (Wildman–Crippen MR) is 64.7 cm³/mol. The third-order valence-corrected chi connectivity index (χ3v) is 2.44. The van der Waals surface area contributed by atoms with E-state index < -0.39 is 0 Å². The predicted octanol–water partition coefficient (Wildman–Crippen LogP) is 0.939. The molecule has 0 aliphatic rings. The number of nitrogens with zero attached hydrogens (tertiary/aromatic N) is 2. The van der Waals surface area contributed by atoms with Crippen molar-refractivity contribution in [2.75, 3.05) is 5.43 Å². The van der Waals surface area contributed by atoms with Crippen LogP contribution in [0.3, 0.4) is 0 Å². The number of anilines is 1. The molecule has 4 N–H and O–H groups in total. The Hall–Kier alpha value is -2.12. The Kier molecular flexibility index (Phi) is 3.75. The number of carbonyl (C=O) groups excluding carboxylic acids is 1. The molecular formula is C10H10ClN5O2. The van der Waals surface area contributed by atoms with E-state index in [1.54, 1.807) is 6.07 Å². The van der Waals surface area contributed by atoms with Gasteiger partial charge in [0.25, 0.3) is 5.91 Å². The minimum Gasteiger partial charge on any atom is -0.360 e. The molecule has 2 rings (SSSR count). The second kappa shape index (κ2) is 5.48. The molecule has 0 atom stereocenters. The molecule has 94 valence electrons. The van der Waals surface area contributed by atoms with Gasteiger partial charge in [-0.2, -0.15) is 0 Å². The van der Waals surface area contributed by atoms with Crippen LogP contribution in [0.15, 0.2) is 29.0 Å². The molecule has 0 unspecified atom stereocenters. The second-order valence-corrected chi connectivity index (χ2v) is 3.77. The molecule has 1 amide bonds. The molecule has 0 aliphatic carbocycles. The van der Waals surface area contributed by atoms with E-state index in [0.717, 1.165) is 0 Å². The second-order valence-electron chi connectivity index (χ2n) is 3.36. The van der Waals surface area contributed by atoms with Gasteiger partial charge in [-0.05, 0) is 6.07 Å². The molecule has 0 aliphatic heterocycles. The Balaban J connectivity index is 2.02. The first-order valence-electron chi connectivity index (χ1n) is 5.00. The molecule has 0 fully saturated rings. The van der Waals surface area contributed by atoms with Gasteiger partial charge in [0.1, 0.15) is 0 Å². The summed E-state index contributed by atoms with van der Waals surface area (Å²) >= 11 is 5.86. The number of hydrogen-bond donors (Lipinski definition) is 3. The summed E-state index contributed by atoms with van der Waals surface area (Å²) in [7, 11) is 0. The molecular weight excluding hydrogens is 258 g/mol. The Morgan fingerprint density at radius 3 is 3.00 bits per heavy atom. The summed E-state index contributed by atoms with van der Waals surface area (Å²) in [6.07, 6.45) is 2.87. The number of hydrazine groups is 1. The maximum Gasteiger partial charge on any atom is 0.253 e. The van der Waals surface area contributed by atoms with Gasteiger partial charge < -0.3 is 15.3 Å². The van der Waals surface area contributed by atoms with Crippen LogP contribution in [0.1, 0.15) is 16.1 Å². The smallest absolute Gasteiger partial charge is 0.253 e. The maximum absolute atomic E-state index is 11.8. The average Bonchev–Trinajstić information content (AvgIpc) is 2.89. The topological polar surface area (TPSA) is 106 Å². The monoisotopic (exact) mass is 267 g/mol. The van der Waals surface area contributed by atoms with Gasteiger partial charge in [-0.3, -0.25) is 4.79 Å². The maximum atomic E-state index is 11.8. The van der Waals surface area contributed by atoms with Crippen molar-refractivity contribution < 1.29 is 9.32 Å². The van der Waals surface area contributed by atoms with E-state index in [2.05, 4.69) is 20.9 Å². The van der Waals surface area contributed by atoms with Crippen LogP contribution in [-0.4, -0.2) is 16.0 Å². The van der Waals surface area contributed by atoms with E-state index >= 15 is 0 Å². The molecule has 0 bridgehead atoms. The van der Waals surface area contributed by atoms with E-state index in [1.165, 1.54) is 18.5 Å². The lowest BCUT2D eigenvalue weighted by atomic mass is 10.2. The van der Waals surface area contributed by atoms with Gasteiger partial charge in [0, 0.05) is 12.3 Å². The number of nitrogen functional groups attached to an aromatic ring is 1. The highest BCUT2D eigenvalue weighted by molar-refractivity contribution is 6.33. The van der Waals surface area contributed by atoms with E-state index in [1.807, 2.05) is 0 Å². The number of nitrogens with one attached hydrogen (secondary N) is 2. The van der Waals surface area contributed by atoms with Crippen molar-refractivity contribution in [2.45, 2.75) is 6.54 Å². The largest absolute Gasteiger partial charge is 0.360 e. The Morgan fingerprint density at radius 2 is 2.39 bits per heavy atom. The van der Waals surface area contributed by atoms with Crippen molar-refractivity contribution in [1.29, 1.82) is 0 Å². The Bertz CT molecular complexity index is 543. The van der Waals surface area contributed by atoms with Gasteiger partial charge in [0.2, 0.25) is 0 Å². The van der Waals surface area contributed by atoms with E-state index in [4.69, 9.17) is 22.0 Å². The van der Waals surface area contributed by atoms with Crippen molar-refractivity contribution >= 4 is 23.3 Å². The lowest BCUT2D eigenvalue weighted by Crippen LogP contribution is -2.23. The average molecular weight is 268 g/mol. The minimum atomic E-state index is -0.315. The minimum absolute atomic E-state index is 0.243. The van der Waals surface area contributed by atoms with Crippen LogP contribution in [0, 0.1) is 0 Å². The number of rotatable bonds is 4. The first kappa shape index (κ1) is 12.3. The number of hydrogen-bond acceptors (Lipinski definition) is 6. The summed E-state index contributed by atoms with van der Waals surface area (Å²) in [5.74, 6) is 5.73. The van der Waals surface area contributed by atoms with E-state index in [0.29, 0.717) is 17.1 Å². The molecule has 2 aromatic heterocycles. The summed E-state index contributed by atoms with van der Waals surface area (Å²) in [5, 5.41) is 6.44. The van der Waals surface area contributed by atoms with E-state index in [-0.39, 0.29) is 17.5 Å². The van der Waals surface area contributed by atoms with Gasteiger partial charge in [0.15, 0.2) is 11.6 Å². The lowest BCUT2D eigenvalue weighted by molar-refractivity contribution is 0.0946. The molecule has 8 heteroatoms. The molecule has 7 nitrogen and oxygen atoms in total. The highest BCUT2D eigenvalue weighted by Gasteiger charge is 2.10. The standard InChI is InChI=1S/C10H10ClN5O2/c11-8-3-6(4-13-9(8)16-12)10(17)14-5-7-1-2-15-18-7/h1-4H,5,12H2,(H,13,16)(H,14,17). The molecule has 0 saturated carbocycles. The van der Waals surface area contributed by atoms with Crippen LogP contribution in [0.5, 0.6) is 0 Å². The normalized spacial score (nSPS) is 10.1. The number of pyridine rings is 1. The molecule has 0 saturated heterocycles. The molecule has 0 radical (unpaired) electrons. The van der Waals surface area contributed by atoms with Crippen molar-refractivity contribution in [3.05, 3.63) is 40.9 Å². The Morgan fingerprint density at radius 1 is 1.56 bits per heavy atom. The summed E-state index contributed by atoms with van der Waals surface area (Å²) in [5.41, 5.74) is 2.65.